The van der Waals surface area contributed by atoms with Gasteiger partial charge in [-0.05, 0) is 7.05 Å². The number of aliphatic hydroxyl groups is 1. The second-order valence-electron chi connectivity index (χ2n) is 2.32. The summed E-state index contributed by atoms with van der Waals surface area (Å²) in [7, 11) is 1.93. The summed E-state index contributed by atoms with van der Waals surface area (Å²) in [4.78, 5) is 0. The monoisotopic (exact) mass is 376 g/mol. The molecule has 1 aliphatic carbocycles. The Morgan fingerprint density at radius 2 is 2.45 bits per heavy atom. The third-order valence-electron chi connectivity index (χ3n) is 1.65. The molecule has 11 heavy (non-hydrogen) atoms. The molecule has 0 fully saturated rings. The fourth-order valence-corrected chi connectivity index (χ4v) is 0.947. The number of hydrogen-bond acceptors (Lipinski definition) is 2. The molecule has 0 saturated carbocycles. The number of hydrogen-bond donors (Lipinski definition) is 2. The maximum Gasteiger partial charge on any atom is 0.00697 e. The van der Waals surface area contributed by atoms with E-state index in [4.69, 9.17) is 5.11 Å². The maximum atomic E-state index is 8.59. The first-order valence-electron chi connectivity index (χ1n) is 3.40. The van der Waals surface area contributed by atoms with Gasteiger partial charge < -0.3 is 10.4 Å². The minimum Gasteiger partial charge on any atom is -0.429 e. The van der Waals surface area contributed by atoms with E-state index in [0.29, 0.717) is 6.04 Å². The van der Waals surface area contributed by atoms with Gasteiger partial charge in [-0.1, -0.05) is 13.0 Å². The van der Waals surface area contributed by atoms with Crippen LogP contribution >= 0.6 is 0 Å². The zero-order valence-corrected chi connectivity index (χ0v) is 10.7. The number of aliphatic hydroxyl groups excluding tert-OH is 1. The fraction of sp³-hybridized carbons (Fsp3) is 0.375. The molecule has 0 radical (unpaired) electrons. The average Bonchev–Trinajstić information content (AvgIpc) is 2.05. The van der Waals surface area contributed by atoms with Crippen molar-refractivity contribution in [3.05, 3.63) is 30.4 Å². The first-order valence-corrected chi connectivity index (χ1v) is 3.40. The van der Waals surface area contributed by atoms with Gasteiger partial charge in [0, 0.05) is 37.2 Å². The van der Waals surface area contributed by atoms with Gasteiger partial charge in [0.05, 0.1) is 0 Å². The van der Waals surface area contributed by atoms with Crippen molar-refractivity contribution < 1.29 is 36.2 Å². The Morgan fingerprint density at radius 1 is 1.73 bits per heavy atom. The zero-order chi connectivity index (χ0) is 7.40. The largest absolute Gasteiger partial charge is 0.429 e. The van der Waals surface area contributed by atoms with Crippen LogP contribution in [0.2, 0.25) is 0 Å². The Morgan fingerprint density at radius 3 is 2.82 bits per heavy atom. The maximum absolute atomic E-state index is 8.59. The van der Waals surface area contributed by atoms with Gasteiger partial charge >= 0.3 is 0 Å². The molecule has 0 aromatic heterocycles. The van der Waals surface area contributed by atoms with Gasteiger partial charge in [0.15, 0.2) is 0 Å². The van der Waals surface area contributed by atoms with Crippen LogP contribution in [0.3, 0.4) is 0 Å². The van der Waals surface area contributed by atoms with Gasteiger partial charge in [0.1, 0.15) is 0 Å². The molecule has 0 aromatic rings. The molecule has 2 nitrogen and oxygen atoms in total. The summed E-state index contributed by atoms with van der Waals surface area (Å²) in [6.07, 6.45) is 6.91. The van der Waals surface area contributed by atoms with Crippen molar-refractivity contribution in [3.8, 4) is 0 Å². The first-order chi connectivity index (χ1) is 4.86. The SMILES string of the molecule is CNC1C=CC([CH-]O)=CC1.[U]. The fourth-order valence-electron chi connectivity index (χ4n) is 0.947. The summed E-state index contributed by atoms with van der Waals surface area (Å²) in [5, 5.41) is 11.7. The van der Waals surface area contributed by atoms with Gasteiger partial charge in [-0.25, -0.2) is 0 Å². The molecule has 0 amide bonds. The average molecular weight is 376 g/mol. The molecule has 60 valence electrons. The van der Waals surface area contributed by atoms with Crippen LogP contribution in [0.4, 0.5) is 0 Å². The molecule has 1 aliphatic rings. The van der Waals surface area contributed by atoms with E-state index < -0.39 is 0 Å². The van der Waals surface area contributed by atoms with Crippen LogP contribution < -0.4 is 5.32 Å². The molecule has 1 atom stereocenters. The summed E-state index contributed by atoms with van der Waals surface area (Å²) < 4.78 is 0. The standard InChI is InChI=1S/C8H12NO.U/c1-9-8-4-2-7(6-10)3-5-8;/h2-4,6,8-10H,5H2,1H3;/q-1;. The van der Waals surface area contributed by atoms with E-state index >= 15 is 0 Å². The van der Waals surface area contributed by atoms with Crippen LogP contribution in [0.1, 0.15) is 6.42 Å². The van der Waals surface area contributed by atoms with Crippen molar-refractivity contribution in [2.75, 3.05) is 7.05 Å². The van der Waals surface area contributed by atoms with Crippen LogP contribution in [-0.2, 0) is 0 Å². The minimum atomic E-state index is 0. The topological polar surface area (TPSA) is 32.3 Å². The number of nitrogens with one attached hydrogen (secondary N) is 1. The van der Waals surface area contributed by atoms with Crippen molar-refractivity contribution in [3.63, 3.8) is 0 Å². The van der Waals surface area contributed by atoms with Crippen molar-refractivity contribution >= 4 is 0 Å². The van der Waals surface area contributed by atoms with Gasteiger partial charge in [0.2, 0.25) is 0 Å². The first kappa shape index (κ1) is 11.3. The molecule has 1 rings (SSSR count). The van der Waals surface area contributed by atoms with Gasteiger partial charge in [-0.2, -0.15) is 17.7 Å². The third kappa shape index (κ3) is 3.49. The van der Waals surface area contributed by atoms with Crippen LogP contribution in [-0.4, -0.2) is 18.2 Å². The second kappa shape index (κ2) is 5.91. The van der Waals surface area contributed by atoms with Crippen LogP contribution in [0.5, 0.6) is 0 Å². The normalized spacial score (nSPS) is 22.0. The van der Waals surface area contributed by atoms with E-state index in [1.54, 1.807) is 0 Å². The van der Waals surface area contributed by atoms with E-state index in [2.05, 4.69) is 5.32 Å². The molecule has 0 bridgehead atoms. The van der Waals surface area contributed by atoms with Crippen LogP contribution in [0.25, 0.3) is 0 Å². The molecule has 0 heterocycles. The smallest absolute Gasteiger partial charge is 0.00697 e. The summed E-state index contributed by atoms with van der Waals surface area (Å²) in [6.45, 7) is 1.13. The Kier molecular flexibility index (Phi) is 6.08. The predicted octanol–water partition coefficient (Wildman–Crippen LogP) is 0.995. The van der Waals surface area contributed by atoms with E-state index in [9.17, 15) is 0 Å². The molecule has 1 unspecified atom stereocenters. The predicted molar refractivity (Wildman–Crippen MR) is 40.9 cm³/mol. The van der Waals surface area contributed by atoms with Gasteiger partial charge in [-0.15, -0.1) is 6.08 Å². The Bertz CT molecular complexity index is 165. The van der Waals surface area contributed by atoms with Crippen molar-refractivity contribution in [2.24, 2.45) is 0 Å². The van der Waals surface area contributed by atoms with Crippen molar-refractivity contribution in [2.45, 2.75) is 12.5 Å². The zero-order valence-electron chi connectivity index (χ0n) is 6.54. The summed E-state index contributed by atoms with van der Waals surface area (Å²) >= 11 is 0. The molecule has 2 N–H and O–H groups in total. The van der Waals surface area contributed by atoms with E-state index in [1.165, 1.54) is 0 Å². The van der Waals surface area contributed by atoms with E-state index in [-0.39, 0.29) is 31.1 Å². The molecular formula is C8H12NOU-. The molecule has 0 aromatic carbocycles. The Labute approximate surface area is 91.1 Å². The van der Waals surface area contributed by atoms with Crippen molar-refractivity contribution in [1.29, 1.82) is 0 Å². The van der Waals surface area contributed by atoms with E-state index in [0.717, 1.165) is 18.6 Å². The summed E-state index contributed by atoms with van der Waals surface area (Å²) in [5.41, 5.74) is 0.895. The summed E-state index contributed by atoms with van der Waals surface area (Å²) in [6, 6.07) is 0.434. The number of rotatable bonds is 2. The quantitative estimate of drug-likeness (QED) is 0.705. The molecular weight excluding hydrogens is 364 g/mol. The molecule has 3 heteroatoms. The Balaban J connectivity index is 0.000001000. The van der Waals surface area contributed by atoms with E-state index in [1.807, 2.05) is 25.3 Å². The second-order valence-corrected chi connectivity index (χ2v) is 2.32. The summed E-state index contributed by atoms with van der Waals surface area (Å²) in [5.74, 6) is 0. The number of likely N-dealkylation sites (N-methyl/N-ethyl adjacent to an activating group) is 1. The molecule has 0 spiro atoms. The third-order valence-corrected chi connectivity index (χ3v) is 1.65. The van der Waals surface area contributed by atoms with Gasteiger partial charge in [-0.3, -0.25) is 0 Å². The van der Waals surface area contributed by atoms with Crippen LogP contribution in [0.15, 0.2) is 23.8 Å². The van der Waals surface area contributed by atoms with Gasteiger partial charge in [0.25, 0.3) is 0 Å². The molecule has 0 saturated heterocycles. The van der Waals surface area contributed by atoms with Crippen molar-refractivity contribution in [1.82, 2.24) is 5.32 Å². The minimum absolute atomic E-state index is 0. The van der Waals surface area contributed by atoms with Crippen LogP contribution in [0, 0.1) is 37.7 Å². The molecule has 0 aliphatic heterocycles. The Hall–Kier alpha value is 0.322.